The van der Waals surface area contributed by atoms with E-state index in [1.165, 1.54) is 0 Å². The normalized spacial score (nSPS) is 11.4. The zero-order chi connectivity index (χ0) is 14.3. The summed E-state index contributed by atoms with van der Waals surface area (Å²) >= 11 is 0. The van der Waals surface area contributed by atoms with Gasteiger partial charge in [0, 0.05) is 11.4 Å². The third-order valence-corrected chi connectivity index (χ3v) is 3.46. The lowest BCUT2D eigenvalue weighted by Gasteiger charge is -2.12. The Labute approximate surface area is 117 Å². The lowest BCUT2D eigenvalue weighted by atomic mass is 9.96. The molecule has 5 nitrogen and oxygen atoms in total. The predicted octanol–water partition coefficient (Wildman–Crippen LogP) is 3.14. The lowest BCUT2D eigenvalue weighted by molar-refractivity contribution is 0.497. The molecule has 0 spiro atoms. The Morgan fingerprint density at radius 2 is 1.50 bits per heavy atom. The van der Waals surface area contributed by atoms with Crippen molar-refractivity contribution in [3.8, 4) is 0 Å². The monoisotopic (exact) mass is 270 g/mol. The van der Waals surface area contributed by atoms with Gasteiger partial charge in [0.05, 0.1) is 17.7 Å². The number of aryl methyl sites for hydroxylation is 4. The second-order valence-electron chi connectivity index (χ2n) is 5.11. The minimum absolute atomic E-state index is 0.0834. The summed E-state index contributed by atoms with van der Waals surface area (Å²) in [6, 6.07) is 3.86. The lowest BCUT2D eigenvalue weighted by Crippen LogP contribution is -2.07. The smallest absolute Gasteiger partial charge is 0.118 e. The Balaban J connectivity index is 2.19. The van der Waals surface area contributed by atoms with Crippen molar-refractivity contribution in [3.05, 3.63) is 58.6 Å². The molecule has 0 saturated carbocycles. The van der Waals surface area contributed by atoms with Gasteiger partial charge < -0.3 is 14.4 Å². The maximum atomic E-state index is 5.63. The zero-order valence-electron chi connectivity index (χ0n) is 12.1. The Morgan fingerprint density at radius 3 is 1.85 bits per heavy atom. The van der Waals surface area contributed by atoms with Crippen LogP contribution in [0.15, 0.2) is 22.8 Å². The molecular formula is C15H18N4O. The number of furan rings is 1. The van der Waals surface area contributed by atoms with E-state index in [2.05, 4.69) is 19.9 Å². The second-order valence-corrected chi connectivity index (χ2v) is 5.11. The van der Waals surface area contributed by atoms with Crippen LogP contribution in [0.3, 0.4) is 0 Å². The number of hydrogen-bond donors (Lipinski definition) is 2. The van der Waals surface area contributed by atoms with Crippen LogP contribution in [0.1, 0.15) is 46.1 Å². The highest BCUT2D eigenvalue weighted by Crippen LogP contribution is 2.33. The maximum Gasteiger partial charge on any atom is 0.118 e. The molecule has 3 heterocycles. The molecule has 5 heteroatoms. The summed E-state index contributed by atoms with van der Waals surface area (Å²) in [5.74, 6) is 2.58. The second kappa shape index (κ2) is 4.67. The van der Waals surface area contributed by atoms with E-state index in [1.54, 1.807) is 6.26 Å². The SMILES string of the molecule is Cc1nc(C(c2ccco2)c2nc(C)[nH]c2C)c(C)[nH]1. The van der Waals surface area contributed by atoms with Crippen LogP contribution < -0.4 is 0 Å². The molecule has 0 aromatic carbocycles. The van der Waals surface area contributed by atoms with Crippen LogP contribution in [-0.4, -0.2) is 19.9 Å². The largest absolute Gasteiger partial charge is 0.468 e. The number of nitrogens with one attached hydrogen (secondary N) is 2. The van der Waals surface area contributed by atoms with Gasteiger partial charge in [0.2, 0.25) is 0 Å². The number of aromatic nitrogens is 4. The van der Waals surface area contributed by atoms with Crippen LogP contribution in [0.4, 0.5) is 0 Å². The first-order valence-electron chi connectivity index (χ1n) is 6.66. The molecule has 0 fully saturated rings. The minimum atomic E-state index is -0.0834. The van der Waals surface area contributed by atoms with Crippen LogP contribution in [0.25, 0.3) is 0 Å². The van der Waals surface area contributed by atoms with Crippen LogP contribution in [0.5, 0.6) is 0 Å². The summed E-state index contributed by atoms with van der Waals surface area (Å²) in [6.45, 7) is 7.97. The van der Waals surface area contributed by atoms with Gasteiger partial charge in [0.25, 0.3) is 0 Å². The minimum Gasteiger partial charge on any atom is -0.468 e. The van der Waals surface area contributed by atoms with Gasteiger partial charge in [0.1, 0.15) is 23.3 Å². The maximum absolute atomic E-state index is 5.63. The van der Waals surface area contributed by atoms with E-state index in [0.717, 1.165) is 40.2 Å². The molecule has 3 rings (SSSR count). The standard InChI is InChI=1S/C15H18N4O/c1-8-14(18-10(3)16-8)13(12-6-5-7-20-12)15-9(2)17-11(4)19-15/h5-7,13H,1-4H3,(H,16,18)(H,17,19). The van der Waals surface area contributed by atoms with Crippen molar-refractivity contribution in [1.82, 2.24) is 19.9 Å². The molecule has 0 aliphatic carbocycles. The van der Waals surface area contributed by atoms with Crippen LogP contribution in [0.2, 0.25) is 0 Å². The average Bonchev–Trinajstić information content (AvgIpc) is 3.05. The van der Waals surface area contributed by atoms with E-state index in [0.29, 0.717) is 0 Å². The fourth-order valence-electron chi connectivity index (χ4n) is 2.67. The first kappa shape index (κ1) is 12.7. The van der Waals surface area contributed by atoms with Crippen molar-refractivity contribution in [1.29, 1.82) is 0 Å². The Morgan fingerprint density at radius 1 is 0.950 bits per heavy atom. The summed E-state index contributed by atoms with van der Waals surface area (Å²) in [4.78, 5) is 15.8. The Kier molecular flexibility index (Phi) is 2.97. The molecule has 104 valence electrons. The van der Waals surface area contributed by atoms with Crippen molar-refractivity contribution in [3.63, 3.8) is 0 Å². The molecule has 0 bridgehead atoms. The number of nitrogens with zero attached hydrogens (tertiary/aromatic N) is 2. The molecule has 3 aromatic heterocycles. The summed E-state index contributed by atoms with van der Waals surface area (Å²) in [5.41, 5.74) is 4.02. The quantitative estimate of drug-likeness (QED) is 0.768. The van der Waals surface area contributed by atoms with E-state index in [4.69, 9.17) is 4.42 Å². The van der Waals surface area contributed by atoms with Crippen molar-refractivity contribution in [2.75, 3.05) is 0 Å². The van der Waals surface area contributed by atoms with Crippen LogP contribution in [-0.2, 0) is 0 Å². The van der Waals surface area contributed by atoms with Gasteiger partial charge in [-0.1, -0.05) is 0 Å². The summed E-state index contributed by atoms with van der Waals surface area (Å²) in [7, 11) is 0. The average molecular weight is 270 g/mol. The van der Waals surface area contributed by atoms with E-state index in [9.17, 15) is 0 Å². The molecule has 0 atom stereocenters. The topological polar surface area (TPSA) is 70.5 Å². The number of hydrogen-bond acceptors (Lipinski definition) is 3. The van der Waals surface area contributed by atoms with Crippen molar-refractivity contribution in [2.24, 2.45) is 0 Å². The third-order valence-electron chi connectivity index (χ3n) is 3.46. The van der Waals surface area contributed by atoms with Gasteiger partial charge >= 0.3 is 0 Å². The van der Waals surface area contributed by atoms with Crippen molar-refractivity contribution >= 4 is 0 Å². The molecule has 3 aromatic rings. The number of rotatable bonds is 3. The molecule has 0 saturated heterocycles. The Bertz CT molecular complexity index is 675. The highest BCUT2D eigenvalue weighted by atomic mass is 16.3. The number of H-pyrrole nitrogens is 2. The van der Waals surface area contributed by atoms with Gasteiger partial charge in [-0.05, 0) is 39.8 Å². The third kappa shape index (κ3) is 2.05. The van der Waals surface area contributed by atoms with Gasteiger partial charge in [-0.15, -0.1) is 0 Å². The first-order valence-corrected chi connectivity index (χ1v) is 6.66. The fraction of sp³-hybridized carbons (Fsp3) is 0.333. The molecule has 2 N–H and O–H groups in total. The summed E-state index contributed by atoms with van der Waals surface area (Å²) < 4.78 is 5.63. The number of imidazole rings is 2. The molecule has 20 heavy (non-hydrogen) atoms. The molecule has 0 unspecified atom stereocenters. The van der Waals surface area contributed by atoms with E-state index in [1.807, 2.05) is 39.8 Å². The van der Waals surface area contributed by atoms with Crippen molar-refractivity contribution < 1.29 is 4.42 Å². The van der Waals surface area contributed by atoms with E-state index < -0.39 is 0 Å². The first-order chi connectivity index (χ1) is 9.56. The molecule has 0 amide bonds. The summed E-state index contributed by atoms with van der Waals surface area (Å²) in [6.07, 6.45) is 1.69. The number of aromatic amines is 2. The van der Waals surface area contributed by atoms with Gasteiger partial charge in [-0.25, -0.2) is 9.97 Å². The molecular weight excluding hydrogens is 252 g/mol. The zero-order valence-corrected chi connectivity index (χ0v) is 12.1. The van der Waals surface area contributed by atoms with Gasteiger partial charge in [-0.2, -0.15) is 0 Å². The van der Waals surface area contributed by atoms with Gasteiger partial charge in [-0.3, -0.25) is 0 Å². The Hall–Kier alpha value is -2.30. The molecule has 0 aliphatic rings. The van der Waals surface area contributed by atoms with E-state index >= 15 is 0 Å². The highest BCUT2D eigenvalue weighted by Gasteiger charge is 2.27. The van der Waals surface area contributed by atoms with Gasteiger partial charge in [0.15, 0.2) is 0 Å². The predicted molar refractivity (Wildman–Crippen MR) is 75.8 cm³/mol. The van der Waals surface area contributed by atoms with Crippen molar-refractivity contribution in [2.45, 2.75) is 33.6 Å². The van der Waals surface area contributed by atoms with Crippen LogP contribution in [0, 0.1) is 27.7 Å². The van der Waals surface area contributed by atoms with E-state index in [-0.39, 0.29) is 5.92 Å². The molecule has 0 aliphatic heterocycles. The molecule has 0 radical (unpaired) electrons. The fourth-order valence-corrected chi connectivity index (χ4v) is 2.67. The highest BCUT2D eigenvalue weighted by molar-refractivity contribution is 5.37. The summed E-state index contributed by atoms with van der Waals surface area (Å²) in [5, 5.41) is 0. The van der Waals surface area contributed by atoms with Crippen LogP contribution >= 0.6 is 0 Å².